The smallest absolute Gasteiger partial charge is 0.333 e. The molecule has 0 aromatic rings. The maximum Gasteiger partial charge on any atom is 0.333 e. The molecule has 0 aromatic heterocycles. The van der Waals surface area contributed by atoms with Gasteiger partial charge in [0, 0.05) is 37.3 Å². The van der Waals surface area contributed by atoms with Crippen LogP contribution < -0.4 is 0 Å². The lowest BCUT2D eigenvalue weighted by atomic mass is 9.74. The maximum atomic E-state index is 11.9. The summed E-state index contributed by atoms with van der Waals surface area (Å²) in [5, 5.41) is 0. The lowest BCUT2D eigenvalue weighted by Crippen LogP contribution is -2.41. The van der Waals surface area contributed by atoms with Gasteiger partial charge in [0.2, 0.25) is 6.29 Å². The fraction of sp³-hybridized carbons (Fsp3) is 0.560. The molecular weight excluding hydrogens is 412 g/mol. The molecule has 0 radical (unpaired) electrons. The van der Waals surface area contributed by atoms with Crippen LogP contribution in [0.5, 0.6) is 0 Å². The van der Waals surface area contributed by atoms with Crippen molar-refractivity contribution in [1.29, 1.82) is 0 Å². The van der Waals surface area contributed by atoms with Gasteiger partial charge in [0.1, 0.15) is 6.10 Å². The molecule has 0 unspecified atom stereocenters. The number of esters is 3. The molecule has 2 rings (SSSR count). The average molecular weight is 447 g/mol. The first-order valence-electron chi connectivity index (χ1n) is 10.9. The molecule has 32 heavy (non-hydrogen) atoms. The molecule has 1 heterocycles. The third-order valence-corrected chi connectivity index (χ3v) is 5.88. The molecule has 4 atom stereocenters. The second-order valence-electron chi connectivity index (χ2n) is 8.36. The average Bonchev–Trinajstić information content (AvgIpc) is 2.79. The summed E-state index contributed by atoms with van der Waals surface area (Å²) in [6.45, 7) is 10.7. The third-order valence-electron chi connectivity index (χ3n) is 5.88. The number of hydrogen-bond donors (Lipinski definition) is 0. The molecule has 0 saturated carbocycles. The first-order valence-corrected chi connectivity index (χ1v) is 10.9. The van der Waals surface area contributed by atoms with Crippen molar-refractivity contribution in [1.82, 2.24) is 0 Å². The Balaban J connectivity index is 2.45. The number of rotatable bonds is 6. The molecule has 7 heteroatoms. The van der Waals surface area contributed by atoms with Crippen LogP contribution in [0.2, 0.25) is 0 Å². The van der Waals surface area contributed by atoms with Crippen LogP contribution in [0.3, 0.4) is 0 Å². The van der Waals surface area contributed by atoms with Gasteiger partial charge in [-0.1, -0.05) is 29.9 Å². The predicted molar refractivity (Wildman–Crippen MR) is 119 cm³/mol. The van der Waals surface area contributed by atoms with Crippen LogP contribution in [0.15, 0.2) is 47.3 Å². The zero-order valence-corrected chi connectivity index (χ0v) is 19.6. The number of ether oxygens (including phenoxy) is 4. The largest absolute Gasteiger partial charge is 0.466 e. The summed E-state index contributed by atoms with van der Waals surface area (Å²) in [4.78, 5) is 35.4. The quantitative estimate of drug-likeness (QED) is 0.256. The van der Waals surface area contributed by atoms with Gasteiger partial charge < -0.3 is 18.9 Å². The minimum absolute atomic E-state index is 0.0989. The first kappa shape index (κ1) is 25.4. The predicted octanol–water partition coefficient (Wildman–Crippen LogP) is 4.54. The molecule has 0 aromatic carbocycles. The van der Waals surface area contributed by atoms with Crippen molar-refractivity contribution in [2.24, 2.45) is 11.8 Å². The topological polar surface area (TPSA) is 88.1 Å². The molecule has 176 valence electrons. The van der Waals surface area contributed by atoms with Gasteiger partial charge in [-0.15, -0.1) is 0 Å². The van der Waals surface area contributed by atoms with Crippen molar-refractivity contribution in [2.75, 3.05) is 7.11 Å². The number of allylic oxidation sites excluding steroid dienone is 2. The second-order valence-corrected chi connectivity index (χ2v) is 8.36. The summed E-state index contributed by atoms with van der Waals surface area (Å²) in [6.07, 6.45) is 7.54. The van der Waals surface area contributed by atoms with E-state index in [4.69, 9.17) is 18.9 Å². The van der Waals surface area contributed by atoms with E-state index in [9.17, 15) is 14.4 Å². The minimum Gasteiger partial charge on any atom is -0.466 e. The van der Waals surface area contributed by atoms with Crippen LogP contribution >= 0.6 is 0 Å². The summed E-state index contributed by atoms with van der Waals surface area (Å²) in [6, 6.07) is 0. The van der Waals surface area contributed by atoms with Gasteiger partial charge in [0.15, 0.2) is 0 Å². The molecule has 0 amide bonds. The molecule has 7 nitrogen and oxygen atoms in total. The number of carbonyl (C=O) groups is 3. The fourth-order valence-corrected chi connectivity index (χ4v) is 4.25. The number of fused-ring (bicyclic) bond motifs is 1. The van der Waals surface area contributed by atoms with Crippen molar-refractivity contribution >= 4 is 17.9 Å². The van der Waals surface area contributed by atoms with E-state index in [0.29, 0.717) is 12.0 Å². The van der Waals surface area contributed by atoms with E-state index in [1.807, 2.05) is 0 Å². The van der Waals surface area contributed by atoms with E-state index in [-0.39, 0.29) is 11.8 Å². The lowest BCUT2D eigenvalue weighted by molar-refractivity contribution is -0.181. The lowest BCUT2D eigenvalue weighted by Gasteiger charge is -2.40. The van der Waals surface area contributed by atoms with Gasteiger partial charge in [0.05, 0.1) is 19.3 Å². The van der Waals surface area contributed by atoms with Gasteiger partial charge in [0.25, 0.3) is 0 Å². The Kier molecular flexibility index (Phi) is 9.29. The number of hydrogen-bond acceptors (Lipinski definition) is 7. The van der Waals surface area contributed by atoms with Crippen LogP contribution in [0.4, 0.5) is 0 Å². The summed E-state index contributed by atoms with van der Waals surface area (Å²) in [5.41, 5.74) is 3.42. The molecule has 0 N–H and O–H groups in total. The Morgan fingerprint density at radius 3 is 2.56 bits per heavy atom. The molecule has 0 bridgehead atoms. The molecule has 1 aliphatic carbocycles. The third kappa shape index (κ3) is 6.84. The Morgan fingerprint density at radius 1 is 1.22 bits per heavy atom. The van der Waals surface area contributed by atoms with E-state index in [1.54, 1.807) is 19.3 Å². The molecule has 2 aliphatic rings. The van der Waals surface area contributed by atoms with Gasteiger partial charge in [-0.05, 0) is 39.5 Å². The van der Waals surface area contributed by atoms with Crippen LogP contribution in [-0.4, -0.2) is 37.4 Å². The maximum absolute atomic E-state index is 11.9. The van der Waals surface area contributed by atoms with E-state index < -0.39 is 30.3 Å². The monoisotopic (exact) mass is 446 g/mol. The molecule has 0 saturated heterocycles. The van der Waals surface area contributed by atoms with Gasteiger partial charge in [-0.2, -0.15) is 0 Å². The molecular formula is C25H34O7. The van der Waals surface area contributed by atoms with Crippen molar-refractivity contribution in [2.45, 2.75) is 72.2 Å². The summed E-state index contributed by atoms with van der Waals surface area (Å²) >= 11 is 0. The minimum atomic E-state index is -0.780. The Hall–Kier alpha value is -2.83. The van der Waals surface area contributed by atoms with E-state index in [2.05, 4.69) is 19.6 Å². The highest BCUT2D eigenvalue weighted by molar-refractivity contribution is 5.87. The van der Waals surface area contributed by atoms with Crippen molar-refractivity contribution in [3.63, 3.8) is 0 Å². The molecule has 1 aliphatic heterocycles. The zero-order valence-electron chi connectivity index (χ0n) is 19.6. The standard InChI is InChI=1S/C25H34O7/c1-15-8-7-9-16(2)23-20(12-10-15)21(14-30-25(23)32-19(5)27)22(31-18(4)26)13-11-17(3)24(28)29-6/h8,11,14,20,22-23,25H,2,7,9-10,12-13H2,1,3-6H3/b15-8+,17-11+/t20-,22+,23+,25-/m1/s1. The Morgan fingerprint density at radius 2 is 1.94 bits per heavy atom. The SMILES string of the molecule is C=C1CC/C=C(\C)CC[C@@H]2C([C@H](C/C=C(\C)C(=O)OC)OC(C)=O)=CO[C@H](OC(C)=O)[C@@H]12. The number of methoxy groups -OCH3 is 1. The van der Waals surface area contributed by atoms with Gasteiger partial charge in [-0.25, -0.2) is 4.79 Å². The first-order chi connectivity index (χ1) is 15.1. The zero-order chi connectivity index (χ0) is 23.8. The van der Waals surface area contributed by atoms with Gasteiger partial charge in [-0.3, -0.25) is 9.59 Å². The Bertz CT molecular complexity index is 833. The summed E-state index contributed by atoms with van der Waals surface area (Å²) in [7, 11) is 1.32. The Labute approximate surface area is 190 Å². The second kappa shape index (κ2) is 11.7. The van der Waals surface area contributed by atoms with E-state index in [1.165, 1.54) is 26.5 Å². The fourth-order valence-electron chi connectivity index (χ4n) is 4.25. The van der Waals surface area contributed by atoms with Crippen molar-refractivity contribution < 1.29 is 33.3 Å². The van der Waals surface area contributed by atoms with Crippen LogP contribution in [0.1, 0.15) is 59.8 Å². The van der Waals surface area contributed by atoms with Crippen LogP contribution in [-0.2, 0) is 33.3 Å². The summed E-state index contributed by atoms with van der Waals surface area (Å²) < 4.78 is 21.7. The van der Waals surface area contributed by atoms with Crippen LogP contribution in [0.25, 0.3) is 0 Å². The van der Waals surface area contributed by atoms with E-state index >= 15 is 0 Å². The molecule has 0 spiro atoms. The van der Waals surface area contributed by atoms with E-state index in [0.717, 1.165) is 36.8 Å². The van der Waals surface area contributed by atoms with Crippen molar-refractivity contribution in [3.8, 4) is 0 Å². The highest BCUT2D eigenvalue weighted by Gasteiger charge is 2.42. The number of carbonyl (C=O) groups excluding carboxylic acids is 3. The van der Waals surface area contributed by atoms with Gasteiger partial charge >= 0.3 is 17.9 Å². The highest BCUT2D eigenvalue weighted by atomic mass is 16.7. The normalized spacial score (nSPS) is 26.5. The molecule has 0 fully saturated rings. The van der Waals surface area contributed by atoms with Crippen molar-refractivity contribution in [3.05, 3.63) is 47.3 Å². The summed E-state index contributed by atoms with van der Waals surface area (Å²) in [5.74, 6) is -1.66. The van der Waals surface area contributed by atoms with Crippen LogP contribution in [0, 0.1) is 11.8 Å². The highest BCUT2D eigenvalue weighted by Crippen LogP contribution is 2.43.